The van der Waals surface area contributed by atoms with Crippen LogP contribution in [-0.2, 0) is 16.8 Å². The van der Waals surface area contributed by atoms with Crippen LogP contribution < -0.4 is 9.46 Å². The lowest BCUT2D eigenvalue weighted by atomic mass is 10.1. The molecule has 2 heterocycles. The van der Waals surface area contributed by atoms with E-state index in [1.165, 1.54) is 12.8 Å². The summed E-state index contributed by atoms with van der Waals surface area (Å²) in [5.74, 6) is 0.588. The molecule has 0 amide bonds. The maximum atomic E-state index is 12.5. The summed E-state index contributed by atoms with van der Waals surface area (Å²) >= 11 is 0. The maximum absolute atomic E-state index is 12.5. The molecule has 1 aromatic rings. The Kier molecular flexibility index (Phi) is 5.73. The molecule has 1 atom stereocenters. The Morgan fingerprint density at radius 1 is 1.25 bits per heavy atom. The van der Waals surface area contributed by atoms with E-state index in [9.17, 15) is 8.42 Å². The molecular weight excluding hydrogens is 326 g/mol. The number of nitrogens with one attached hydrogen (secondary N) is 1. The van der Waals surface area contributed by atoms with E-state index in [1.54, 1.807) is 10.5 Å². The van der Waals surface area contributed by atoms with Crippen molar-refractivity contribution in [3.63, 3.8) is 0 Å². The van der Waals surface area contributed by atoms with Gasteiger partial charge >= 0.3 is 0 Å². The lowest BCUT2D eigenvalue weighted by Crippen LogP contribution is -2.47. The van der Waals surface area contributed by atoms with Crippen molar-refractivity contribution in [3.05, 3.63) is 23.9 Å². The fourth-order valence-electron chi connectivity index (χ4n) is 3.49. The van der Waals surface area contributed by atoms with Crippen molar-refractivity contribution in [1.82, 2.24) is 14.0 Å². The number of pyridine rings is 1. The van der Waals surface area contributed by atoms with Gasteiger partial charge in [0.2, 0.25) is 5.88 Å². The van der Waals surface area contributed by atoms with Gasteiger partial charge in [-0.05, 0) is 57.1 Å². The number of ether oxygens (including phenoxy) is 1. The maximum Gasteiger partial charge on any atom is 0.279 e. The van der Waals surface area contributed by atoms with Crippen molar-refractivity contribution in [2.24, 2.45) is 0 Å². The average Bonchev–Trinajstić information content (AvgIpc) is 3.07. The molecule has 1 N–H and O–H groups in total. The van der Waals surface area contributed by atoms with Crippen LogP contribution in [0, 0.1) is 0 Å². The Labute approximate surface area is 144 Å². The summed E-state index contributed by atoms with van der Waals surface area (Å²) in [7, 11) is -3.44. The number of piperidine rings is 1. The number of aromatic nitrogens is 1. The molecule has 3 rings (SSSR count). The zero-order valence-corrected chi connectivity index (χ0v) is 15.1. The van der Waals surface area contributed by atoms with Crippen LogP contribution in [0.25, 0.3) is 0 Å². The fraction of sp³-hybridized carbons (Fsp3) is 0.706. The van der Waals surface area contributed by atoms with Crippen LogP contribution >= 0.6 is 0 Å². The molecule has 1 aromatic heterocycles. The van der Waals surface area contributed by atoms with Gasteiger partial charge in [-0.25, -0.2) is 4.98 Å². The number of nitrogens with zero attached hydrogens (tertiary/aromatic N) is 2. The van der Waals surface area contributed by atoms with E-state index in [0.717, 1.165) is 37.7 Å². The zero-order chi connectivity index (χ0) is 17.0. The largest absolute Gasteiger partial charge is 0.474 e. The summed E-state index contributed by atoms with van der Waals surface area (Å²) in [5.41, 5.74) is 0.867. The van der Waals surface area contributed by atoms with Gasteiger partial charge in [0.25, 0.3) is 10.2 Å². The summed E-state index contributed by atoms with van der Waals surface area (Å²) in [5, 5.41) is 0. The standard InChI is InChI=1S/C17H27N3O3S/c1-14-6-4-5-11-20(14)24(21,22)19-13-15-9-10-18-17(12-15)23-16-7-2-3-8-16/h9-10,12,14,16,19H,2-8,11,13H2,1H3/t14-/m1/s1. The molecule has 0 bridgehead atoms. The molecular formula is C17H27N3O3S. The van der Waals surface area contributed by atoms with Crippen molar-refractivity contribution in [2.75, 3.05) is 6.54 Å². The highest BCUT2D eigenvalue weighted by Crippen LogP contribution is 2.23. The second-order valence-corrected chi connectivity index (χ2v) is 8.52. The van der Waals surface area contributed by atoms with E-state index in [1.807, 2.05) is 19.1 Å². The first-order valence-electron chi connectivity index (χ1n) is 8.92. The molecule has 134 valence electrons. The molecule has 1 saturated heterocycles. The van der Waals surface area contributed by atoms with Crippen LogP contribution in [0.15, 0.2) is 18.3 Å². The zero-order valence-electron chi connectivity index (χ0n) is 14.3. The van der Waals surface area contributed by atoms with Crippen molar-refractivity contribution in [1.29, 1.82) is 0 Å². The Morgan fingerprint density at radius 2 is 2.00 bits per heavy atom. The van der Waals surface area contributed by atoms with Gasteiger partial charge in [0.05, 0.1) is 0 Å². The molecule has 1 aliphatic carbocycles. The first kappa shape index (κ1) is 17.6. The number of rotatable bonds is 6. The highest BCUT2D eigenvalue weighted by molar-refractivity contribution is 7.87. The van der Waals surface area contributed by atoms with Crippen LogP contribution in [0.5, 0.6) is 5.88 Å². The molecule has 1 saturated carbocycles. The summed E-state index contributed by atoms with van der Waals surface area (Å²) in [6.07, 6.45) is 9.44. The summed E-state index contributed by atoms with van der Waals surface area (Å²) in [6, 6.07) is 3.72. The molecule has 0 aromatic carbocycles. The minimum Gasteiger partial charge on any atom is -0.474 e. The second-order valence-electron chi connectivity index (χ2n) is 6.81. The van der Waals surface area contributed by atoms with Crippen molar-refractivity contribution in [2.45, 2.75) is 70.6 Å². The van der Waals surface area contributed by atoms with Crippen LogP contribution in [-0.4, -0.2) is 36.4 Å². The molecule has 24 heavy (non-hydrogen) atoms. The van der Waals surface area contributed by atoms with Crippen molar-refractivity contribution >= 4 is 10.2 Å². The molecule has 0 spiro atoms. The molecule has 0 unspecified atom stereocenters. The normalized spacial score (nSPS) is 23.5. The minimum atomic E-state index is -3.44. The van der Waals surface area contributed by atoms with Gasteiger partial charge in [-0.15, -0.1) is 0 Å². The average molecular weight is 353 g/mol. The van der Waals surface area contributed by atoms with Gasteiger partial charge in [-0.2, -0.15) is 17.4 Å². The van der Waals surface area contributed by atoms with Gasteiger partial charge in [-0.1, -0.05) is 6.42 Å². The van der Waals surface area contributed by atoms with Crippen molar-refractivity contribution in [3.8, 4) is 5.88 Å². The molecule has 7 heteroatoms. The summed E-state index contributed by atoms with van der Waals surface area (Å²) in [6.45, 7) is 2.83. The van der Waals surface area contributed by atoms with Crippen LogP contribution in [0.1, 0.15) is 57.4 Å². The smallest absolute Gasteiger partial charge is 0.279 e. The van der Waals surface area contributed by atoms with Gasteiger partial charge in [0, 0.05) is 31.4 Å². The van der Waals surface area contributed by atoms with Gasteiger partial charge in [-0.3, -0.25) is 0 Å². The summed E-state index contributed by atoms with van der Waals surface area (Å²) in [4.78, 5) is 4.24. The predicted octanol–water partition coefficient (Wildman–Crippen LogP) is 2.61. The second kappa shape index (κ2) is 7.80. The quantitative estimate of drug-likeness (QED) is 0.853. The highest BCUT2D eigenvalue weighted by atomic mass is 32.2. The Morgan fingerprint density at radius 3 is 2.75 bits per heavy atom. The van der Waals surface area contributed by atoms with Crippen molar-refractivity contribution < 1.29 is 13.2 Å². The number of hydrogen-bond acceptors (Lipinski definition) is 4. The molecule has 0 radical (unpaired) electrons. The Balaban J connectivity index is 1.59. The van der Waals surface area contributed by atoms with Crippen LogP contribution in [0.4, 0.5) is 0 Å². The highest BCUT2D eigenvalue weighted by Gasteiger charge is 2.29. The van der Waals surface area contributed by atoms with E-state index in [2.05, 4.69) is 9.71 Å². The topological polar surface area (TPSA) is 71.5 Å². The monoisotopic (exact) mass is 353 g/mol. The third-order valence-electron chi connectivity index (χ3n) is 4.90. The fourth-order valence-corrected chi connectivity index (χ4v) is 4.95. The van der Waals surface area contributed by atoms with E-state index < -0.39 is 10.2 Å². The molecule has 2 fully saturated rings. The SMILES string of the molecule is C[C@@H]1CCCCN1S(=O)(=O)NCc1ccnc(OC2CCCC2)c1. The van der Waals surface area contributed by atoms with E-state index in [4.69, 9.17) is 4.74 Å². The van der Waals surface area contributed by atoms with Gasteiger partial charge < -0.3 is 4.74 Å². The Hall–Kier alpha value is -1.18. The minimum absolute atomic E-state index is 0.0648. The molecule has 1 aliphatic heterocycles. The number of hydrogen-bond donors (Lipinski definition) is 1. The van der Waals surface area contributed by atoms with E-state index in [0.29, 0.717) is 12.4 Å². The first-order chi connectivity index (χ1) is 11.5. The third kappa shape index (κ3) is 4.46. The van der Waals surface area contributed by atoms with E-state index >= 15 is 0 Å². The predicted molar refractivity (Wildman–Crippen MR) is 92.9 cm³/mol. The van der Waals surface area contributed by atoms with E-state index in [-0.39, 0.29) is 18.7 Å². The van der Waals surface area contributed by atoms with Gasteiger partial charge in [0.15, 0.2) is 0 Å². The molecule has 6 nitrogen and oxygen atoms in total. The van der Waals surface area contributed by atoms with Gasteiger partial charge in [0.1, 0.15) is 6.10 Å². The third-order valence-corrected chi connectivity index (χ3v) is 6.57. The van der Waals surface area contributed by atoms with Crippen LogP contribution in [0.2, 0.25) is 0 Å². The lowest BCUT2D eigenvalue weighted by molar-refractivity contribution is 0.201. The van der Waals surface area contributed by atoms with Crippen LogP contribution in [0.3, 0.4) is 0 Å². The lowest BCUT2D eigenvalue weighted by Gasteiger charge is -2.32. The first-order valence-corrected chi connectivity index (χ1v) is 10.4. The summed E-state index contributed by atoms with van der Waals surface area (Å²) < 4.78 is 35.2. The Bertz CT molecular complexity index is 644. The molecule has 2 aliphatic rings.